The minimum Gasteiger partial charge on any atom is -0.348 e. The lowest BCUT2D eigenvalue weighted by Crippen LogP contribution is -2.23. The Labute approximate surface area is 180 Å². The molecule has 0 unspecified atom stereocenters. The average molecular weight is 410 g/mol. The third kappa shape index (κ3) is 4.87. The summed E-state index contributed by atoms with van der Waals surface area (Å²) in [6.07, 6.45) is 1.52. The van der Waals surface area contributed by atoms with E-state index in [9.17, 15) is 9.59 Å². The summed E-state index contributed by atoms with van der Waals surface area (Å²) in [4.78, 5) is 25.1. The second kappa shape index (κ2) is 9.09. The summed E-state index contributed by atoms with van der Waals surface area (Å²) in [5, 5.41) is 12.7. The van der Waals surface area contributed by atoms with Crippen molar-refractivity contribution in [2.75, 3.05) is 5.32 Å². The summed E-state index contributed by atoms with van der Waals surface area (Å²) in [5.41, 5.74) is 5.30. The quantitative estimate of drug-likeness (QED) is 0.435. The molecule has 0 spiro atoms. The van der Waals surface area contributed by atoms with Crippen LogP contribution in [0.4, 0.5) is 5.69 Å². The smallest absolute Gasteiger partial charge is 0.255 e. The van der Waals surface area contributed by atoms with Crippen LogP contribution in [0.25, 0.3) is 11.3 Å². The molecule has 0 saturated carbocycles. The van der Waals surface area contributed by atoms with E-state index in [1.54, 1.807) is 12.1 Å². The van der Waals surface area contributed by atoms with Crippen LogP contribution in [0.2, 0.25) is 0 Å². The Balaban J connectivity index is 1.41. The number of aryl methyl sites for hydroxylation is 1. The van der Waals surface area contributed by atoms with Gasteiger partial charge >= 0.3 is 0 Å². The van der Waals surface area contributed by atoms with Crippen molar-refractivity contribution in [1.82, 2.24) is 15.5 Å². The van der Waals surface area contributed by atoms with Crippen molar-refractivity contribution in [3.8, 4) is 11.3 Å². The van der Waals surface area contributed by atoms with E-state index in [4.69, 9.17) is 0 Å². The molecule has 0 aliphatic carbocycles. The number of nitrogens with zero attached hydrogens (tertiary/aromatic N) is 1. The van der Waals surface area contributed by atoms with E-state index in [0.717, 1.165) is 16.7 Å². The Morgan fingerprint density at radius 3 is 2.45 bits per heavy atom. The Hall–Kier alpha value is -4.19. The Morgan fingerprint density at radius 2 is 1.68 bits per heavy atom. The summed E-state index contributed by atoms with van der Waals surface area (Å²) in [5.74, 6) is -0.395. The number of carbonyl (C=O) groups excluding carboxylic acids is 2. The highest BCUT2D eigenvalue weighted by molar-refractivity contribution is 6.04. The van der Waals surface area contributed by atoms with Gasteiger partial charge < -0.3 is 10.6 Å². The van der Waals surface area contributed by atoms with Crippen LogP contribution in [0, 0.1) is 6.92 Å². The molecule has 1 aromatic heterocycles. The first-order valence-corrected chi connectivity index (χ1v) is 9.94. The van der Waals surface area contributed by atoms with Crippen LogP contribution in [0.3, 0.4) is 0 Å². The largest absolute Gasteiger partial charge is 0.348 e. The highest BCUT2D eigenvalue weighted by atomic mass is 16.2. The Bertz CT molecular complexity index is 1200. The van der Waals surface area contributed by atoms with Crippen LogP contribution >= 0.6 is 0 Å². The van der Waals surface area contributed by atoms with Gasteiger partial charge in [-0.15, -0.1) is 0 Å². The number of H-pyrrole nitrogens is 1. The van der Waals surface area contributed by atoms with Crippen molar-refractivity contribution in [3.63, 3.8) is 0 Å². The maximum absolute atomic E-state index is 12.7. The number of aromatic nitrogens is 2. The molecule has 4 aromatic rings. The number of anilines is 1. The molecular formula is C25H22N4O2. The zero-order chi connectivity index (χ0) is 21.6. The second-order valence-electron chi connectivity index (χ2n) is 7.23. The SMILES string of the molecule is Cc1ccc(C(=O)Nc2cccc(CNC(=O)c3cn[nH]c3-c3ccccc3)c2)cc1. The van der Waals surface area contributed by atoms with Crippen molar-refractivity contribution >= 4 is 17.5 Å². The number of hydrogen-bond donors (Lipinski definition) is 3. The van der Waals surface area contributed by atoms with Crippen LogP contribution in [0.1, 0.15) is 31.8 Å². The van der Waals surface area contributed by atoms with Crippen LogP contribution in [0.5, 0.6) is 0 Å². The number of nitrogens with one attached hydrogen (secondary N) is 3. The summed E-state index contributed by atoms with van der Waals surface area (Å²) in [7, 11) is 0. The first-order chi connectivity index (χ1) is 15.1. The molecule has 2 amide bonds. The lowest BCUT2D eigenvalue weighted by atomic mass is 10.1. The van der Waals surface area contributed by atoms with Gasteiger partial charge in [0.05, 0.1) is 17.5 Å². The predicted octanol–water partition coefficient (Wildman–Crippen LogP) is 4.57. The second-order valence-corrected chi connectivity index (χ2v) is 7.23. The first kappa shape index (κ1) is 20.1. The van der Waals surface area contributed by atoms with E-state index in [0.29, 0.717) is 29.1 Å². The van der Waals surface area contributed by atoms with Crippen LogP contribution in [-0.2, 0) is 6.54 Å². The molecule has 0 aliphatic rings. The van der Waals surface area contributed by atoms with E-state index < -0.39 is 0 Å². The molecule has 1 heterocycles. The van der Waals surface area contributed by atoms with E-state index in [1.807, 2.05) is 73.7 Å². The Morgan fingerprint density at radius 1 is 0.903 bits per heavy atom. The van der Waals surface area contributed by atoms with Crippen LogP contribution in [0.15, 0.2) is 85.1 Å². The number of amides is 2. The molecule has 0 aliphatic heterocycles. The van der Waals surface area contributed by atoms with Gasteiger partial charge in [0, 0.05) is 23.4 Å². The molecule has 3 aromatic carbocycles. The lowest BCUT2D eigenvalue weighted by Gasteiger charge is -2.09. The van der Waals surface area contributed by atoms with Crippen LogP contribution in [-0.4, -0.2) is 22.0 Å². The van der Waals surface area contributed by atoms with Gasteiger partial charge in [0.15, 0.2) is 0 Å². The van der Waals surface area contributed by atoms with E-state index >= 15 is 0 Å². The van der Waals surface area contributed by atoms with Gasteiger partial charge in [0.1, 0.15) is 0 Å². The van der Waals surface area contributed by atoms with E-state index in [1.165, 1.54) is 6.20 Å². The predicted molar refractivity (Wildman–Crippen MR) is 121 cm³/mol. The summed E-state index contributed by atoms with van der Waals surface area (Å²) in [6.45, 7) is 2.30. The maximum Gasteiger partial charge on any atom is 0.255 e. The number of carbonyl (C=O) groups is 2. The fourth-order valence-electron chi connectivity index (χ4n) is 3.23. The fourth-order valence-corrected chi connectivity index (χ4v) is 3.23. The van der Waals surface area contributed by atoms with Crippen molar-refractivity contribution in [1.29, 1.82) is 0 Å². The minimum absolute atomic E-state index is 0.174. The first-order valence-electron chi connectivity index (χ1n) is 9.94. The van der Waals surface area contributed by atoms with Crippen LogP contribution < -0.4 is 10.6 Å². The third-order valence-electron chi connectivity index (χ3n) is 4.90. The van der Waals surface area contributed by atoms with Crippen molar-refractivity contribution in [2.24, 2.45) is 0 Å². The zero-order valence-electron chi connectivity index (χ0n) is 17.1. The summed E-state index contributed by atoms with van der Waals surface area (Å²) >= 11 is 0. The summed E-state index contributed by atoms with van der Waals surface area (Å²) < 4.78 is 0. The van der Waals surface area contributed by atoms with Gasteiger partial charge in [-0.25, -0.2) is 0 Å². The molecule has 0 radical (unpaired) electrons. The number of rotatable bonds is 6. The third-order valence-corrected chi connectivity index (χ3v) is 4.90. The maximum atomic E-state index is 12.7. The molecule has 0 atom stereocenters. The molecule has 6 heteroatoms. The van der Waals surface area contributed by atoms with E-state index in [2.05, 4.69) is 20.8 Å². The highest BCUT2D eigenvalue weighted by Gasteiger charge is 2.15. The molecule has 3 N–H and O–H groups in total. The topological polar surface area (TPSA) is 86.9 Å². The summed E-state index contributed by atoms with van der Waals surface area (Å²) in [6, 6.07) is 24.4. The molecular weight excluding hydrogens is 388 g/mol. The minimum atomic E-state index is -0.221. The molecule has 154 valence electrons. The monoisotopic (exact) mass is 410 g/mol. The number of benzene rings is 3. The fraction of sp³-hybridized carbons (Fsp3) is 0.0800. The number of aromatic amines is 1. The van der Waals surface area contributed by atoms with Gasteiger partial charge in [-0.3, -0.25) is 14.7 Å². The molecule has 0 bridgehead atoms. The van der Waals surface area contributed by atoms with Gasteiger partial charge in [-0.05, 0) is 36.8 Å². The average Bonchev–Trinajstić information content (AvgIpc) is 3.29. The molecule has 6 nitrogen and oxygen atoms in total. The van der Waals surface area contributed by atoms with Crippen molar-refractivity contribution in [3.05, 3.63) is 107 Å². The van der Waals surface area contributed by atoms with Gasteiger partial charge in [0.2, 0.25) is 0 Å². The molecule has 0 fully saturated rings. The standard InChI is InChI=1S/C25H22N4O2/c1-17-10-12-20(13-11-17)24(30)28-21-9-5-6-18(14-21)15-26-25(31)22-16-27-29-23(22)19-7-3-2-4-8-19/h2-14,16H,15H2,1H3,(H,26,31)(H,27,29)(H,28,30). The Kier molecular flexibility index (Phi) is 5.89. The normalized spacial score (nSPS) is 10.5. The molecule has 4 rings (SSSR count). The highest BCUT2D eigenvalue weighted by Crippen LogP contribution is 2.20. The van der Waals surface area contributed by atoms with Gasteiger partial charge in [-0.2, -0.15) is 5.10 Å². The van der Waals surface area contributed by atoms with Gasteiger partial charge in [0.25, 0.3) is 11.8 Å². The number of hydrogen-bond acceptors (Lipinski definition) is 3. The van der Waals surface area contributed by atoms with Crippen molar-refractivity contribution < 1.29 is 9.59 Å². The van der Waals surface area contributed by atoms with E-state index in [-0.39, 0.29) is 11.8 Å². The lowest BCUT2D eigenvalue weighted by molar-refractivity contribution is 0.0950. The molecule has 0 saturated heterocycles. The zero-order valence-corrected chi connectivity index (χ0v) is 17.1. The molecule has 31 heavy (non-hydrogen) atoms. The van der Waals surface area contributed by atoms with Crippen molar-refractivity contribution in [2.45, 2.75) is 13.5 Å². The van der Waals surface area contributed by atoms with Gasteiger partial charge in [-0.1, -0.05) is 60.2 Å².